The van der Waals surface area contributed by atoms with Crippen molar-refractivity contribution in [2.45, 2.75) is 90.2 Å². The smallest absolute Gasteiger partial charge is 0.229 e. The molecule has 2 aromatic heterocycles. The molecule has 0 radical (unpaired) electrons. The summed E-state index contributed by atoms with van der Waals surface area (Å²) in [6.07, 6.45) is 8.41. The molecule has 2 fully saturated rings. The second-order valence-corrected chi connectivity index (χ2v) is 12.8. The van der Waals surface area contributed by atoms with E-state index in [4.69, 9.17) is 9.40 Å². The van der Waals surface area contributed by atoms with Gasteiger partial charge in [0.2, 0.25) is 11.8 Å². The Morgan fingerprint density at radius 3 is 2.70 bits per heavy atom. The number of fused-ring (bicyclic) bond motifs is 2. The highest BCUT2D eigenvalue weighted by molar-refractivity contribution is 7.15. The zero-order valence-corrected chi connectivity index (χ0v) is 22.6. The van der Waals surface area contributed by atoms with Crippen molar-refractivity contribution in [2.24, 2.45) is 22.7 Å². The summed E-state index contributed by atoms with van der Waals surface area (Å²) >= 11 is 1.48. The Morgan fingerprint density at radius 1 is 1.22 bits per heavy atom. The minimum Gasteiger partial charge on any atom is -0.467 e. The van der Waals surface area contributed by atoms with Gasteiger partial charge in [-0.1, -0.05) is 33.1 Å². The van der Waals surface area contributed by atoms with Crippen LogP contribution >= 0.6 is 11.3 Å². The van der Waals surface area contributed by atoms with Crippen molar-refractivity contribution in [1.29, 1.82) is 0 Å². The lowest BCUT2D eigenvalue weighted by molar-refractivity contribution is -0.144. The Hall–Kier alpha value is -2.23. The van der Waals surface area contributed by atoms with Crippen LogP contribution in [0.1, 0.15) is 87.5 Å². The van der Waals surface area contributed by atoms with Crippen molar-refractivity contribution in [1.82, 2.24) is 10.3 Å². The summed E-state index contributed by atoms with van der Waals surface area (Å²) in [6.45, 7) is 4.35. The number of carbonyl (C=O) groups is 2. The predicted molar refractivity (Wildman–Crippen MR) is 141 cm³/mol. The van der Waals surface area contributed by atoms with Crippen molar-refractivity contribution in [3.63, 3.8) is 0 Å². The SMILES string of the molecule is CC1(CO)C(O)CCC2(C)C(CC(=O)NCc3ccco3)c3nc(NC(=O)C4CCCCC4)sc3CC12. The molecule has 2 amide bonds. The second-order valence-electron chi connectivity index (χ2n) is 11.7. The maximum Gasteiger partial charge on any atom is 0.229 e. The molecule has 5 atom stereocenters. The molecular weight excluding hydrogens is 490 g/mol. The van der Waals surface area contributed by atoms with Crippen LogP contribution in [0.4, 0.5) is 5.13 Å². The molecule has 5 rings (SSSR count). The summed E-state index contributed by atoms with van der Waals surface area (Å²) in [7, 11) is 0. The van der Waals surface area contributed by atoms with Gasteiger partial charge in [-0.25, -0.2) is 4.98 Å². The fourth-order valence-electron chi connectivity index (χ4n) is 7.13. The van der Waals surface area contributed by atoms with Gasteiger partial charge in [-0.3, -0.25) is 9.59 Å². The third-order valence-corrected chi connectivity index (χ3v) is 10.5. The molecule has 3 aliphatic rings. The number of thiazole rings is 1. The molecular formula is C28H39N3O5S. The lowest BCUT2D eigenvalue weighted by atomic mass is 9.47. The first-order valence-electron chi connectivity index (χ1n) is 13.6. The molecule has 2 heterocycles. The maximum atomic E-state index is 13.2. The number of anilines is 1. The Balaban J connectivity index is 1.43. The van der Waals surface area contributed by atoms with Gasteiger partial charge in [0.25, 0.3) is 0 Å². The van der Waals surface area contributed by atoms with Crippen molar-refractivity contribution in [3.05, 3.63) is 34.7 Å². The third kappa shape index (κ3) is 4.98. The van der Waals surface area contributed by atoms with E-state index in [0.29, 0.717) is 30.3 Å². The average molecular weight is 530 g/mol. The molecule has 202 valence electrons. The average Bonchev–Trinajstić information content (AvgIpc) is 3.57. The van der Waals surface area contributed by atoms with Crippen LogP contribution in [0.25, 0.3) is 0 Å². The van der Waals surface area contributed by atoms with E-state index in [0.717, 1.165) is 42.7 Å². The Bertz CT molecular complexity index is 1110. The van der Waals surface area contributed by atoms with E-state index in [1.165, 1.54) is 17.8 Å². The molecule has 0 saturated heterocycles. The van der Waals surface area contributed by atoms with E-state index in [9.17, 15) is 19.8 Å². The zero-order chi connectivity index (χ0) is 26.2. The van der Waals surface area contributed by atoms with Gasteiger partial charge in [-0.2, -0.15) is 0 Å². The Labute approximate surface area is 222 Å². The highest BCUT2D eigenvalue weighted by Crippen LogP contribution is 2.62. The molecule has 8 nitrogen and oxygen atoms in total. The summed E-state index contributed by atoms with van der Waals surface area (Å²) in [5, 5.41) is 28.0. The van der Waals surface area contributed by atoms with Gasteiger partial charge in [-0.05, 0) is 55.6 Å². The van der Waals surface area contributed by atoms with Gasteiger partial charge in [0, 0.05) is 28.5 Å². The van der Waals surface area contributed by atoms with E-state index < -0.39 is 11.5 Å². The highest BCUT2D eigenvalue weighted by Gasteiger charge is 2.59. The number of furan rings is 1. The number of aromatic nitrogens is 1. The molecule has 2 aromatic rings. The summed E-state index contributed by atoms with van der Waals surface area (Å²) in [4.78, 5) is 32.1. The monoisotopic (exact) mass is 529 g/mol. The molecule has 3 aliphatic carbocycles. The zero-order valence-electron chi connectivity index (χ0n) is 21.8. The maximum absolute atomic E-state index is 13.2. The lowest BCUT2D eigenvalue weighted by Gasteiger charge is -2.58. The van der Waals surface area contributed by atoms with E-state index in [2.05, 4.69) is 17.6 Å². The number of nitrogens with zero attached hydrogens (tertiary/aromatic N) is 1. The minimum atomic E-state index is -0.677. The van der Waals surface area contributed by atoms with Gasteiger partial charge in [0.15, 0.2) is 5.13 Å². The first kappa shape index (κ1) is 26.4. The van der Waals surface area contributed by atoms with Crippen LogP contribution in [0.5, 0.6) is 0 Å². The summed E-state index contributed by atoms with van der Waals surface area (Å²) in [5.41, 5.74) is -0.124. The summed E-state index contributed by atoms with van der Waals surface area (Å²) in [5.74, 6) is 0.464. The number of carbonyl (C=O) groups excluding carboxylic acids is 2. The van der Waals surface area contributed by atoms with Crippen LogP contribution in [0.3, 0.4) is 0 Å². The van der Waals surface area contributed by atoms with Crippen LogP contribution < -0.4 is 10.6 Å². The summed E-state index contributed by atoms with van der Waals surface area (Å²) in [6, 6.07) is 3.62. The van der Waals surface area contributed by atoms with Crippen LogP contribution in [0.15, 0.2) is 22.8 Å². The number of amides is 2. The molecule has 0 bridgehead atoms. The third-order valence-electron chi connectivity index (χ3n) is 9.53. The van der Waals surface area contributed by atoms with Crippen LogP contribution in [0.2, 0.25) is 0 Å². The van der Waals surface area contributed by atoms with Gasteiger partial charge >= 0.3 is 0 Å². The van der Waals surface area contributed by atoms with E-state index in [1.807, 2.05) is 13.0 Å². The molecule has 37 heavy (non-hydrogen) atoms. The van der Waals surface area contributed by atoms with Crippen molar-refractivity contribution < 1.29 is 24.2 Å². The lowest BCUT2D eigenvalue weighted by Crippen LogP contribution is -2.57. The van der Waals surface area contributed by atoms with Crippen LogP contribution in [-0.4, -0.2) is 39.7 Å². The largest absolute Gasteiger partial charge is 0.467 e. The topological polar surface area (TPSA) is 125 Å². The first-order valence-corrected chi connectivity index (χ1v) is 14.4. The number of rotatable bonds is 7. The minimum absolute atomic E-state index is 0.0218. The van der Waals surface area contributed by atoms with Gasteiger partial charge in [-0.15, -0.1) is 11.3 Å². The first-order chi connectivity index (χ1) is 17.7. The quantitative estimate of drug-likeness (QED) is 0.422. The molecule has 0 aliphatic heterocycles. The van der Waals surface area contributed by atoms with Gasteiger partial charge in [0.1, 0.15) is 5.76 Å². The Morgan fingerprint density at radius 2 is 2.00 bits per heavy atom. The van der Waals surface area contributed by atoms with Crippen molar-refractivity contribution >= 4 is 28.3 Å². The van der Waals surface area contributed by atoms with Gasteiger partial charge in [0.05, 0.1) is 31.2 Å². The predicted octanol–water partition coefficient (Wildman–Crippen LogP) is 4.38. The number of hydrogen-bond acceptors (Lipinski definition) is 7. The molecule has 5 unspecified atom stereocenters. The summed E-state index contributed by atoms with van der Waals surface area (Å²) < 4.78 is 5.36. The molecule has 9 heteroatoms. The number of aliphatic hydroxyl groups excluding tert-OH is 2. The van der Waals surface area contributed by atoms with Crippen LogP contribution in [-0.2, 0) is 22.6 Å². The van der Waals surface area contributed by atoms with E-state index in [-0.39, 0.29) is 48.0 Å². The Kier molecular flexibility index (Phi) is 7.49. The molecule has 0 spiro atoms. The van der Waals surface area contributed by atoms with Crippen molar-refractivity contribution in [2.75, 3.05) is 11.9 Å². The fourth-order valence-corrected chi connectivity index (χ4v) is 8.20. The molecule has 2 saturated carbocycles. The van der Waals surface area contributed by atoms with Gasteiger partial charge < -0.3 is 25.3 Å². The number of aliphatic hydroxyl groups is 2. The fraction of sp³-hybridized carbons (Fsp3) is 0.679. The second kappa shape index (κ2) is 10.5. The number of hydrogen-bond donors (Lipinski definition) is 4. The van der Waals surface area contributed by atoms with E-state index >= 15 is 0 Å². The molecule has 0 aromatic carbocycles. The molecule has 4 N–H and O–H groups in total. The number of nitrogens with one attached hydrogen (secondary N) is 2. The normalized spacial score (nSPS) is 31.8. The highest BCUT2D eigenvalue weighted by atomic mass is 32.1. The van der Waals surface area contributed by atoms with E-state index in [1.54, 1.807) is 12.3 Å². The standard InChI is InChI=1S/C28H39N3O5S/c1-27-11-10-22(33)28(2,16-32)21(27)14-20-24(19(27)13-23(34)29-15-18-9-6-12-36-18)30-26(37-20)31-25(35)17-7-4-3-5-8-17/h6,9,12,17,19,21-22,32-33H,3-5,7-8,10-11,13-16H2,1-2H3,(H,29,34)(H,30,31,35). The van der Waals surface area contributed by atoms with Crippen molar-refractivity contribution in [3.8, 4) is 0 Å². The van der Waals surface area contributed by atoms with Crippen LogP contribution in [0, 0.1) is 22.7 Å².